The summed E-state index contributed by atoms with van der Waals surface area (Å²) in [5, 5.41) is 8.97. The molecule has 0 atom stereocenters. The van der Waals surface area contributed by atoms with E-state index < -0.39 is 10.0 Å². The highest BCUT2D eigenvalue weighted by molar-refractivity contribution is 7.92. The number of aryl methyl sites for hydroxylation is 1. The fraction of sp³-hybridized carbons (Fsp3) is 0.167. The molecule has 0 fully saturated rings. The first kappa shape index (κ1) is 13.9. The largest absolute Gasteiger partial charge is 0.325 e. The Morgan fingerprint density at radius 2 is 2.14 bits per heavy atom. The van der Waals surface area contributed by atoms with E-state index in [1.54, 1.807) is 6.92 Å². The standard InChI is InChI=1S/C12H11ClN4O3S/c1-6-5-14-16-12(6)17-21(19,20)10-2-7-3-11(18)15-9(7)4-8(10)13/h2,4-5H,3H2,1H3,(H,15,18)(H2,14,16,17). The first-order chi connectivity index (χ1) is 9.87. The molecule has 0 spiro atoms. The maximum Gasteiger partial charge on any atom is 0.264 e. The van der Waals surface area contributed by atoms with Gasteiger partial charge in [0.25, 0.3) is 10.0 Å². The van der Waals surface area contributed by atoms with Crippen LogP contribution in [0.5, 0.6) is 0 Å². The molecule has 9 heteroatoms. The van der Waals surface area contributed by atoms with Crippen molar-refractivity contribution in [3.05, 3.63) is 34.5 Å². The zero-order chi connectivity index (χ0) is 15.2. The Kier molecular flexibility index (Phi) is 3.14. The van der Waals surface area contributed by atoms with E-state index in [0.29, 0.717) is 16.8 Å². The van der Waals surface area contributed by atoms with E-state index in [9.17, 15) is 13.2 Å². The summed E-state index contributed by atoms with van der Waals surface area (Å²) in [7, 11) is -3.87. The zero-order valence-electron chi connectivity index (χ0n) is 10.9. The van der Waals surface area contributed by atoms with Gasteiger partial charge in [0.05, 0.1) is 17.6 Å². The predicted molar refractivity (Wildman–Crippen MR) is 77.9 cm³/mol. The minimum atomic E-state index is -3.87. The van der Waals surface area contributed by atoms with Crippen LogP contribution in [0.4, 0.5) is 11.5 Å². The number of halogens is 1. The lowest BCUT2D eigenvalue weighted by molar-refractivity contribution is -0.115. The molecule has 1 aliphatic rings. The van der Waals surface area contributed by atoms with Crippen LogP contribution in [0, 0.1) is 6.92 Å². The molecule has 1 aromatic carbocycles. The third kappa shape index (κ3) is 2.47. The van der Waals surface area contributed by atoms with Crippen molar-refractivity contribution in [1.29, 1.82) is 0 Å². The number of anilines is 2. The van der Waals surface area contributed by atoms with Gasteiger partial charge in [-0.2, -0.15) is 5.10 Å². The molecule has 3 rings (SSSR count). The molecular weight excluding hydrogens is 316 g/mol. The molecule has 0 unspecified atom stereocenters. The third-order valence-corrected chi connectivity index (χ3v) is 4.95. The lowest BCUT2D eigenvalue weighted by Gasteiger charge is -2.10. The van der Waals surface area contributed by atoms with E-state index in [1.165, 1.54) is 18.3 Å². The first-order valence-corrected chi connectivity index (χ1v) is 7.88. The smallest absolute Gasteiger partial charge is 0.264 e. The predicted octanol–water partition coefficient (Wildman–Crippen LogP) is 1.67. The van der Waals surface area contributed by atoms with Crippen LogP contribution in [-0.2, 0) is 21.2 Å². The number of aromatic amines is 1. The number of benzene rings is 1. The Bertz CT molecular complexity index is 844. The number of hydrogen-bond donors (Lipinski definition) is 3. The molecule has 1 amide bonds. The van der Waals surface area contributed by atoms with Crippen molar-refractivity contribution in [2.24, 2.45) is 0 Å². The molecule has 7 nitrogen and oxygen atoms in total. The quantitative estimate of drug-likeness (QED) is 0.798. The van der Waals surface area contributed by atoms with Gasteiger partial charge in [-0.15, -0.1) is 0 Å². The first-order valence-electron chi connectivity index (χ1n) is 6.02. The summed E-state index contributed by atoms with van der Waals surface area (Å²) in [6, 6.07) is 2.85. The Hall–Kier alpha value is -2.06. The lowest BCUT2D eigenvalue weighted by atomic mass is 10.2. The van der Waals surface area contributed by atoms with Gasteiger partial charge in [-0.1, -0.05) is 11.6 Å². The highest BCUT2D eigenvalue weighted by Gasteiger charge is 2.25. The normalized spacial score (nSPS) is 13.9. The van der Waals surface area contributed by atoms with Crippen molar-refractivity contribution >= 4 is 39.0 Å². The molecule has 2 heterocycles. The van der Waals surface area contributed by atoms with Crippen molar-refractivity contribution in [2.45, 2.75) is 18.2 Å². The number of H-pyrrole nitrogens is 1. The average molecular weight is 327 g/mol. The van der Waals surface area contributed by atoms with Crippen LogP contribution in [0.1, 0.15) is 11.1 Å². The summed E-state index contributed by atoms with van der Waals surface area (Å²) in [5.41, 5.74) is 1.81. The second-order valence-corrected chi connectivity index (χ2v) is 6.76. The molecule has 0 saturated heterocycles. The molecule has 1 aromatic heterocycles. The molecule has 3 N–H and O–H groups in total. The van der Waals surface area contributed by atoms with E-state index in [-0.39, 0.29) is 28.1 Å². The molecule has 0 aliphatic carbocycles. The Balaban J connectivity index is 2.02. The minimum Gasteiger partial charge on any atom is -0.325 e. The van der Waals surface area contributed by atoms with Gasteiger partial charge in [0.1, 0.15) is 10.7 Å². The van der Waals surface area contributed by atoms with E-state index in [2.05, 4.69) is 20.2 Å². The van der Waals surface area contributed by atoms with Gasteiger partial charge in [-0.25, -0.2) is 8.42 Å². The number of amides is 1. The van der Waals surface area contributed by atoms with E-state index in [4.69, 9.17) is 11.6 Å². The fourth-order valence-corrected chi connectivity index (χ4v) is 3.74. The number of carbonyl (C=O) groups excluding carboxylic acids is 1. The van der Waals surface area contributed by atoms with Gasteiger partial charge < -0.3 is 5.32 Å². The topological polar surface area (TPSA) is 104 Å². The van der Waals surface area contributed by atoms with Gasteiger partial charge in [0.2, 0.25) is 5.91 Å². The number of nitrogens with one attached hydrogen (secondary N) is 3. The summed E-state index contributed by atoms with van der Waals surface area (Å²) in [6.45, 7) is 1.72. The highest BCUT2D eigenvalue weighted by Crippen LogP contribution is 2.33. The summed E-state index contributed by atoms with van der Waals surface area (Å²) in [5.74, 6) is 0.0914. The Labute approximate surface area is 125 Å². The van der Waals surface area contributed by atoms with Crippen molar-refractivity contribution in [1.82, 2.24) is 10.2 Å². The van der Waals surface area contributed by atoms with Crippen molar-refractivity contribution < 1.29 is 13.2 Å². The monoisotopic (exact) mass is 326 g/mol. The molecule has 21 heavy (non-hydrogen) atoms. The molecule has 0 radical (unpaired) electrons. The van der Waals surface area contributed by atoms with Crippen LogP contribution < -0.4 is 10.0 Å². The number of aromatic nitrogens is 2. The highest BCUT2D eigenvalue weighted by atomic mass is 35.5. The van der Waals surface area contributed by atoms with E-state index >= 15 is 0 Å². The molecule has 110 valence electrons. The van der Waals surface area contributed by atoms with Crippen molar-refractivity contribution in [2.75, 3.05) is 10.0 Å². The molecular formula is C12H11ClN4O3S. The van der Waals surface area contributed by atoms with Crippen LogP contribution in [0.3, 0.4) is 0 Å². The summed E-state index contributed by atoms with van der Waals surface area (Å²) in [6.07, 6.45) is 1.64. The number of nitrogens with zero attached hydrogens (tertiary/aromatic N) is 1. The summed E-state index contributed by atoms with van der Waals surface area (Å²) < 4.78 is 27.2. The zero-order valence-corrected chi connectivity index (χ0v) is 12.5. The minimum absolute atomic E-state index is 0.0422. The Morgan fingerprint density at radius 3 is 2.81 bits per heavy atom. The maximum atomic E-state index is 12.4. The second-order valence-electron chi connectivity index (χ2n) is 4.70. The van der Waals surface area contributed by atoms with Crippen LogP contribution in [0.25, 0.3) is 0 Å². The van der Waals surface area contributed by atoms with Crippen LogP contribution in [0.15, 0.2) is 23.2 Å². The molecule has 0 bridgehead atoms. The molecule has 0 saturated carbocycles. The van der Waals surface area contributed by atoms with Crippen LogP contribution in [-0.4, -0.2) is 24.5 Å². The number of hydrogen-bond acceptors (Lipinski definition) is 4. The summed E-state index contributed by atoms with van der Waals surface area (Å²) >= 11 is 6.02. The van der Waals surface area contributed by atoms with Crippen molar-refractivity contribution in [3.63, 3.8) is 0 Å². The SMILES string of the molecule is Cc1cn[nH]c1NS(=O)(=O)c1cc2c(cc1Cl)NC(=O)C2. The van der Waals surface area contributed by atoms with Gasteiger partial charge in [-0.3, -0.25) is 14.6 Å². The van der Waals surface area contributed by atoms with Gasteiger partial charge in [0.15, 0.2) is 0 Å². The van der Waals surface area contributed by atoms with Gasteiger partial charge >= 0.3 is 0 Å². The number of sulfonamides is 1. The van der Waals surface area contributed by atoms with E-state index in [0.717, 1.165) is 0 Å². The van der Waals surface area contributed by atoms with Crippen molar-refractivity contribution in [3.8, 4) is 0 Å². The third-order valence-electron chi connectivity index (χ3n) is 3.14. The fourth-order valence-electron chi connectivity index (χ4n) is 2.07. The number of fused-ring (bicyclic) bond motifs is 1. The lowest BCUT2D eigenvalue weighted by Crippen LogP contribution is -2.14. The van der Waals surface area contributed by atoms with Crippen LogP contribution >= 0.6 is 11.6 Å². The van der Waals surface area contributed by atoms with E-state index in [1.807, 2.05) is 0 Å². The summed E-state index contributed by atoms with van der Waals surface area (Å²) in [4.78, 5) is 11.3. The molecule has 1 aliphatic heterocycles. The average Bonchev–Trinajstić information content (AvgIpc) is 2.93. The second kappa shape index (κ2) is 4.74. The maximum absolute atomic E-state index is 12.4. The van der Waals surface area contributed by atoms with Gasteiger partial charge in [0, 0.05) is 11.3 Å². The number of rotatable bonds is 3. The Morgan fingerprint density at radius 1 is 1.38 bits per heavy atom. The van der Waals surface area contributed by atoms with Crippen LogP contribution in [0.2, 0.25) is 5.02 Å². The molecule has 2 aromatic rings. The van der Waals surface area contributed by atoms with Gasteiger partial charge in [-0.05, 0) is 24.6 Å². The number of carbonyl (C=O) groups is 1.